The zero-order valence-corrected chi connectivity index (χ0v) is 22.0. The van der Waals surface area contributed by atoms with Gasteiger partial charge in [-0.1, -0.05) is 6.07 Å². The Labute approximate surface area is 220 Å². The highest BCUT2D eigenvalue weighted by Crippen LogP contribution is 2.25. The number of halogens is 1. The molecule has 0 spiro atoms. The van der Waals surface area contributed by atoms with Gasteiger partial charge in [-0.15, -0.1) is 11.3 Å². The van der Waals surface area contributed by atoms with Gasteiger partial charge in [-0.2, -0.15) is 0 Å². The summed E-state index contributed by atoms with van der Waals surface area (Å²) in [5.74, 6) is 0.561. The van der Waals surface area contributed by atoms with Crippen molar-refractivity contribution in [3.8, 4) is 0 Å². The zero-order valence-electron chi connectivity index (χ0n) is 21.2. The summed E-state index contributed by atoms with van der Waals surface area (Å²) < 4.78 is 18.7. The van der Waals surface area contributed by atoms with Crippen LogP contribution in [0.25, 0.3) is 10.2 Å². The van der Waals surface area contributed by atoms with Crippen LogP contribution < -0.4 is 10.6 Å². The Hall–Kier alpha value is -2.89. The van der Waals surface area contributed by atoms with Gasteiger partial charge < -0.3 is 25.4 Å². The lowest BCUT2D eigenvalue weighted by Gasteiger charge is -2.27. The summed E-state index contributed by atoms with van der Waals surface area (Å²) in [6.45, 7) is 1.99. The minimum Gasteiger partial charge on any atom is -0.480 e. The number of pyridine rings is 1. The summed E-state index contributed by atoms with van der Waals surface area (Å²) in [7, 11) is 1.50. The summed E-state index contributed by atoms with van der Waals surface area (Å²) in [6, 6.07) is 5.32. The number of aliphatic carboxylic acids is 1. The van der Waals surface area contributed by atoms with Gasteiger partial charge in [0.15, 0.2) is 0 Å². The minimum atomic E-state index is -0.956. The summed E-state index contributed by atoms with van der Waals surface area (Å²) >= 11 is 1.48. The fourth-order valence-electron chi connectivity index (χ4n) is 4.56. The van der Waals surface area contributed by atoms with Crippen LogP contribution in [0.3, 0.4) is 0 Å². The molecule has 4 rings (SSSR count). The molecule has 3 aromatic rings. The fourth-order valence-corrected chi connectivity index (χ4v) is 5.29. The monoisotopic (exact) mass is 530 g/mol. The number of thiophene rings is 1. The highest BCUT2D eigenvalue weighted by molar-refractivity contribution is 7.16. The number of fused-ring (bicyclic) bond motifs is 2. The van der Waals surface area contributed by atoms with Gasteiger partial charge in [0.1, 0.15) is 35.5 Å². The van der Waals surface area contributed by atoms with Crippen molar-refractivity contribution in [2.24, 2.45) is 0 Å². The number of nitrogens with zero attached hydrogens (tertiary/aromatic N) is 4. The fraction of sp³-hybridized carbons (Fsp3) is 0.538. The largest absolute Gasteiger partial charge is 0.480 e. The molecule has 0 fully saturated rings. The number of methoxy groups -OCH3 is 1. The predicted octanol–water partition coefficient (Wildman–Crippen LogP) is 4.01. The predicted molar refractivity (Wildman–Crippen MR) is 144 cm³/mol. The number of alkyl halides is 1. The first-order valence-corrected chi connectivity index (χ1v) is 13.7. The molecule has 1 aliphatic heterocycles. The first-order chi connectivity index (χ1) is 18.1. The number of carboxylic acid groups (broad SMARTS) is 1. The van der Waals surface area contributed by atoms with Gasteiger partial charge in [0, 0.05) is 32.4 Å². The number of ether oxygens (including phenoxy) is 1. The molecule has 200 valence electrons. The van der Waals surface area contributed by atoms with E-state index in [4.69, 9.17) is 9.72 Å². The van der Waals surface area contributed by atoms with E-state index >= 15 is 0 Å². The molecule has 11 heteroatoms. The van der Waals surface area contributed by atoms with Gasteiger partial charge in [0.2, 0.25) is 0 Å². The third-order valence-electron chi connectivity index (χ3n) is 6.68. The lowest BCUT2D eigenvalue weighted by molar-refractivity contribution is -0.138. The molecule has 0 radical (unpaired) electrons. The number of hydrogen-bond donors (Lipinski definition) is 3. The molecule has 0 saturated heterocycles. The Morgan fingerprint density at radius 2 is 2.19 bits per heavy atom. The lowest BCUT2D eigenvalue weighted by Crippen LogP contribution is -2.39. The quantitative estimate of drug-likeness (QED) is 0.251. The average Bonchev–Trinajstić information content (AvgIpc) is 3.41. The summed E-state index contributed by atoms with van der Waals surface area (Å²) in [6.07, 6.45) is 6.13. The molecular weight excluding hydrogens is 495 g/mol. The third kappa shape index (κ3) is 7.56. The van der Waals surface area contributed by atoms with Crippen LogP contribution in [0.5, 0.6) is 0 Å². The van der Waals surface area contributed by atoms with Gasteiger partial charge in [-0.3, -0.25) is 0 Å². The van der Waals surface area contributed by atoms with Crippen LogP contribution in [0.15, 0.2) is 29.9 Å². The van der Waals surface area contributed by atoms with Crippen LogP contribution in [0.4, 0.5) is 16.0 Å². The minimum absolute atomic E-state index is 0.339. The maximum Gasteiger partial charge on any atom is 0.326 e. The van der Waals surface area contributed by atoms with Crippen molar-refractivity contribution >= 4 is 39.2 Å². The zero-order chi connectivity index (χ0) is 26.0. The van der Waals surface area contributed by atoms with E-state index in [9.17, 15) is 14.3 Å². The molecule has 0 bridgehead atoms. The maximum absolute atomic E-state index is 13.4. The van der Waals surface area contributed by atoms with Crippen LogP contribution in [0, 0.1) is 0 Å². The van der Waals surface area contributed by atoms with Crippen molar-refractivity contribution in [2.75, 3.05) is 50.6 Å². The van der Waals surface area contributed by atoms with E-state index in [0.717, 1.165) is 66.9 Å². The Bertz CT molecular complexity index is 1160. The van der Waals surface area contributed by atoms with Crippen molar-refractivity contribution < 1.29 is 19.0 Å². The van der Waals surface area contributed by atoms with Crippen LogP contribution in [-0.2, 0) is 22.4 Å². The summed E-state index contributed by atoms with van der Waals surface area (Å²) in [5, 5.41) is 19.0. The Kier molecular flexibility index (Phi) is 9.98. The number of anilines is 2. The standard InChI is InChI=1S/C26H35FN6O3S/c1-36-20(15-27)16-33(12-3-2-6-19-8-7-18-5-4-11-28-23(18)31-19)13-9-22(26(34)35)32-24-21-10-14-37-25(21)30-17-29-24/h7-8,10,14,17,20,22H,2-6,9,11-13,15-16H2,1H3,(H,28,31)(H,34,35)(H,29,30,32)/t20-,22?/m1/s1. The number of hydrogen-bond acceptors (Lipinski definition) is 9. The molecule has 4 heterocycles. The topological polar surface area (TPSA) is 113 Å². The molecule has 1 aliphatic rings. The number of carboxylic acids is 1. The van der Waals surface area contributed by atoms with Crippen molar-refractivity contribution in [3.05, 3.63) is 41.2 Å². The average molecular weight is 531 g/mol. The molecule has 0 aromatic carbocycles. The second kappa shape index (κ2) is 13.6. The molecule has 9 nitrogen and oxygen atoms in total. The van der Waals surface area contributed by atoms with E-state index in [1.165, 1.54) is 30.3 Å². The van der Waals surface area contributed by atoms with Gasteiger partial charge in [-0.25, -0.2) is 24.1 Å². The number of nitrogens with one attached hydrogen (secondary N) is 2. The molecule has 1 unspecified atom stereocenters. The first kappa shape index (κ1) is 27.2. The number of aromatic nitrogens is 3. The van der Waals surface area contributed by atoms with Gasteiger partial charge >= 0.3 is 5.97 Å². The smallest absolute Gasteiger partial charge is 0.326 e. The Morgan fingerprint density at radius 1 is 1.30 bits per heavy atom. The van der Waals surface area contributed by atoms with Gasteiger partial charge in [0.05, 0.1) is 11.5 Å². The van der Waals surface area contributed by atoms with Gasteiger partial charge in [-0.05, 0) is 68.1 Å². The van der Waals surface area contributed by atoms with Crippen molar-refractivity contribution in [3.63, 3.8) is 0 Å². The number of aryl methyl sites for hydroxylation is 2. The SMILES string of the molecule is CO[C@H](CF)CN(CCCCc1ccc2c(n1)NCCC2)CCC(Nc1ncnc2sccc12)C(=O)O. The summed E-state index contributed by atoms with van der Waals surface area (Å²) in [4.78, 5) is 28.2. The van der Waals surface area contributed by atoms with E-state index in [-0.39, 0.29) is 0 Å². The second-order valence-electron chi connectivity index (χ2n) is 9.30. The molecule has 0 saturated carbocycles. The number of carbonyl (C=O) groups is 1. The highest BCUT2D eigenvalue weighted by Gasteiger charge is 2.22. The van der Waals surface area contributed by atoms with E-state index in [1.807, 2.05) is 11.4 Å². The van der Waals surface area contributed by atoms with E-state index < -0.39 is 24.8 Å². The Morgan fingerprint density at radius 3 is 3.00 bits per heavy atom. The maximum atomic E-state index is 13.4. The summed E-state index contributed by atoms with van der Waals surface area (Å²) in [5.41, 5.74) is 2.35. The van der Waals surface area contributed by atoms with Crippen molar-refractivity contribution in [1.29, 1.82) is 0 Å². The van der Waals surface area contributed by atoms with Crippen LogP contribution in [0.1, 0.15) is 36.9 Å². The molecule has 0 amide bonds. The van der Waals surface area contributed by atoms with Gasteiger partial charge in [0.25, 0.3) is 0 Å². The second-order valence-corrected chi connectivity index (χ2v) is 10.2. The van der Waals surface area contributed by atoms with E-state index in [2.05, 4.69) is 37.6 Å². The molecule has 3 N–H and O–H groups in total. The number of unbranched alkanes of at least 4 members (excludes halogenated alkanes) is 1. The highest BCUT2D eigenvalue weighted by atomic mass is 32.1. The van der Waals surface area contributed by atoms with Crippen LogP contribution in [0.2, 0.25) is 0 Å². The normalized spacial score (nSPS) is 14.8. The van der Waals surface area contributed by atoms with E-state index in [0.29, 0.717) is 25.3 Å². The molecule has 37 heavy (non-hydrogen) atoms. The molecule has 0 aliphatic carbocycles. The van der Waals surface area contributed by atoms with Crippen molar-refractivity contribution in [1.82, 2.24) is 19.9 Å². The van der Waals surface area contributed by atoms with Crippen molar-refractivity contribution in [2.45, 2.75) is 50.7 Å². The lowest BCUT2D eigenvalue weighted by atomic mass is 10.1. The molecule has 2 atom stereocenters. The molecule has 3 aromatic heterocycles. The number of rotatable bonds is 15. The Balaban J connectivity index is 1.32. The van der Waals surface area contributed by atoms with Crippen LogP contribution >= 0.6 is 11.3 Å². The van der Waals surface area contributed by atoms with Crippen LogP contribution in [-0.4, -0.2) is 83.0 Å². The first-order valence-electron chi connectivity index (χ1n) is 12.8. The third-order valence-corrected chi connectivity index (χ3v) is 7.50. The van der Waals surface area contributed by atoms with E-state index in [1.54, 1.807) is 0 Å². The molecular formula is C26H35FN6O3S.